The second-order valence-electron chi connectivity index (χ2n) is 4.23. The van der Waals surface area contributed by atoms with Gasteiger partial charge >= 0.3 is 5.97 Å². The van der Waals surface area contributed by atoms with Crippen molar-refractivity contribution in [3.05, 3.63) is 11.1 Å². The van der Waals surface area contributed by atoms with E-state index >= 15 is 0 Å². The molecule has 0 spiro atoms. The van der Waals surface area contributed by atoms with Gasteiger partial charge in [0.05, 0.1) is 13.2 Å². The zero-order valence-corrected chi connectivity index (χ0v) is 12.3. The summed E-state index contributed by atoms with van der Waals surface area (Å²) in [6.07, 6.45) is 3.07. The molecule has 6 nitrogen and oxygen atoms in total. The minimum absolute atomic E-state index is 0.112. The molecule has 1 aliphatic heterocycles. The highest BCUT2D eigenvalue weighted by Crippen LogP contribution is 2.19. The normalized spacial score (nSPS) is 18.8. The van der Waals surface area contributed by atoms with Crippen molar-refractivity contribution in [3.63, 3.8) is 0 Å². The lowest BCUT2D eigenvalue weighted by atomic mass is 10.2. The first kappa shape index (κ1) is 15.2. The van der Waals surface area contributed by atoms with Crippen molar-refractivity contribution in [1.82, 2.24) is 4.98 Å². The van der Waals surface area contributed by atoms with E-state index in [0.29, 0.717) is 25.0 Å². The van der Waals surface area contributed by atoms with Gasteiger partial charge in [-0.15, -0.1) is 0 Å². The molecule has 0 amide bonds. The summed E-state index contributed by atoms with van der Waals surface area (Å²) in [5.41, 5.74) is 0.281. The highest BCUT2D eigenvalue weighted by molar-refractivity contribution is 7.11. The zero-order valence-electron chi connectivity index (χ0n) is 11.5. The second-order valence-corrected chi connectivity index (χ2v) is 5.06. The SMILES string of the molecule is CCOC(=O)c1csc(OCCOC2CCCCO2)n1. The summed E-state index contributed by atoms with van der Waals surface area (Å²) < 4.78 is 21.3. The molecule has 0 aliphatic carbocycles. The third-order valence-corrected chi connectivity index (χ3v) is 3.47. The number of rotatable bonds is 7. The van der Waals surface area contributed by atoms with E-state index in [0.717, 1.165) is 25.9 Å². The molecule has 1 atom stereocenters. The van der Waals surface area contributed by atoms with Crippen LogP contribution in [0.3, 0.4) is 0 Å². The van der Waals surface area contributed by atoms with Gasteiger partial charge in [0, 0.05) is 12.0 Å². The molecule has 2 heterocycles. The molecular weight excluding hydrogens is 282 g/mol. The molecule has 0 N–H and O–H groups in total. The summed E-state index contributed by atoms with van der Waals surface area (Å²) in [6, 6.07) is 0. The number of nitrogens with zero attached hydrogens (tertiary/aromatic N) is 1. The van der Waals surface area contributed by atoms with Crippen molar-refractivity contribution in [3.8, 4) is 5.19 Å². The standard InChI is InChI=1S/C13H19NO5S/c1-2-16-12(15)10-9-20-13(14-10)19-8-7-18-11-5-3-4-6-17-11/h9,11H,2-8H2,1H3. The average molecular weight is 301 g/mol. The molecule has 7 heteroatoms. The third kappa shape index (κ3) is 4.73. The van der Waals surface area contributed by atoms with Crippen LogP contribution < -0.4 is 4.74 Å². The summed E-state index contributed by atoms with van der Waals surface area (Å²) in [7, 11) is 0. The first-order chi connectivity index (χ1) is 9.79. The number of ether oxygens (including phenoxy) is 4. The second kappa shape index (κ2) is 8.18. The Kier molecular flexibility index (Phi) is 6.23. The number of hydrogen-bond donors (Lipinski definition) is 0. The molecule has 0 bridgehead atoms. The maximum atomic E-state index is 11.4. The molecule has 1 saturated heterocycles. The predicted molar refractivity (Wildman–Crippen MR) is 73.1 cm³/mol. The maximum Gasteiger partial charge on any atom is 0.357 e. The number of aromatic nitrogens is 1. The average Bonchev–Trinajstić information content (AvgIpc) is 2.94. The largest absolute Gasteiger partial charge is 0.468 e. The van der Waals surface area contributed by atoms with Crippen molar-refractivity contribution < 1.29 is 23.7 Å². The van der Waals surface area contributed by atoms with Crippen molar-refractivity contribution in [2.75, 3.05) is 26.4 Å². The minimum atomic E-state index is -0.426. The van der Waals surface area contributed by atoms with Gasteiger partial charge in [-0.3, -0.25) is 0 Å². The van der Waals surface area contributed by atoms with E-state index in [1.54, 1.807) is 12.3 Å². The van der Waals surface area contributed by atoms with E-state index in [1.165, 1.54) is 11.3 Å². The third-order valence-electron chi connectivity index (χ3n) is 2.72. The smallest absolute Gasteiger partial charge is 0.357 e. The molecule has 0 aromatic carbocycles. The monoisotopic (exact) mass is 301 g/mol. The Balaban J connectivity index is 1.65. The Morgan fingerprint density at radius 3 is 3.15 bits per heavy atom. The minimum Gasteiger partial charge on any atom is -0.468 e. The number of carbonyl (C=O) groups is 1. The Morgan fingerprint density at radius 1 is 1.50 bits per heavy atom. The van der Waals surface area contributed by atoms with E-state index in [1.807, 2.05) is 0 Å². The number of carbonyl (C=O) groups excluding carboxylic acids is 1. The van der Waals surface area contributed by atoms with Crippen molar-refractivity contribution in [1.29, 1.82) is 0 Å². The fraction of sp³-hybridized carbons (Fsp3) is 0.692. The molecule has 1 aromatic rings. The quantitative estimate of drug-likeness (QED) is 0.568. The molecule has 1 unspecified atom stereocenters. The predicted octanol–water partition coefficient (Wildman–Crippen LogP) is 2.24. The molecule has 0 radical (unpaired) electrons. The fourth-order valence-electron chi connectivity index (χ4n) is 1.77. The summed E-state index contributed by atoms with van der Waals surface area (Å²) in [5, 5.41) is 2.07. The van der Waals surface area contributed by atoms with Crippen LogP contribution in [-0.2, 0) is 14.2 Å². The van der Waals surface area contributed by atoms with E-state index in [-0.39, 0.29) is 12.0 Å². The Labute approximate surface area is 122 Å². The first-order valence-electron chi connectivity index (χ1n) is 6.78. The van der Waals surface area contributed by atoms with Gasteiger partial charge in [0.25, 0.3) is 5.19 Å². The van der Waals surface area contributed by atoms with Crippen LogP contribution >= 0.6 is 11.3 Å². The molecule has 112 valence electrons. The number of hydrogen-bond acceptors (Lipinski definition) is 7. The molecule has 2 rings (SSSR count). The van der Waals surface area contributed by atoms with E-state index in [2.05, 4.69) is 4.98 Å². The van der Waals surface area contributed by atoms with Gasteiger partial charge in [-0.2, -0.15) is 4.98 Å². The van der Waals surface area contributed by atoms with Crippen molar-refractivity contribution in [2.45, 2.75) is 32.5 Å². The van der Waals surface area contributed by atoms with Gasteiger partial charge in [0.15, 0.2) is 12.0 Å². The maximum absolute atomic E-state index is 11.4. The van der Waals surface area contributed by atoms with E-state index in [4.69, 9.17) is 18.9 Å². The van der Waals surface area contributed by atoms with Crippen LogP contribution in [0, 0.1) is 0 Å². The van der Waals surface area contributed by atoms with Gasteiger partial charge in [0.1, 0.15) is 6.61 Å². The van der Waals surface area contributed by atoms with Crippen LogP contribution in [0.4, 0.5) is 0 Å². The lowest BCUT2D eigenvalue weighted by Gasteiger charge is -2.22. The first-order valence-corrected chi connectivity index (χ1v) is 7.66. The summed E-state index contributed by atoms with van der Waals surface area (Å²) in [4.78, 5) is 15.5. The Hall–Kier alpha value is -1.18. The van der Waals surface area contributed by atoms with Crippen LogP contribution in [-0.4, -0.2) is 43.7 Å². The van der Waals surface area contributed by atoms with Gasteiger partial charge in [-0.25, -0.2) is 4.79 Å². The molecule has 20 heavy (non-hydrogen) atoms. The number of esters is 1. The molecule has 1 fully saturated rings. The molecule has 1 aliphatic rings. The Morgan fingerprint density at radius 2 is 2.40 bits per heavy atom. The van der Waals surface area contributed by atoms with Crippen LogP contribution in [0.5, 0.6) is 5.19 Å². The molecule has 0 saturated carbocycles. The van der Waals surface area contributed by atoms with Crippen molar-refractivity contribution >= 4 is 17.3 Å². The van der Waals surface area contributed by atoms with Gasteiger partial charge in [0.2, 0.25) is 0 Å². The fourth-order valence-corrected chi connectivity index (χ4v) is 2.44. The summed E-state index contributed by atoms with van der Waals surface area (Å²) >= 11 is 1.27. The molecular formula is C13H19NO5S. The highest BCUT2D eigenvalue weighted by Gasteiger charge is 2.14. The topological polar surface area (TPSA) is 66.9 Å². The van der Waals surface area contributed by atoms with Crippen LogP contribution in [0.25, 0.3) is 0 Å². The Bertz CT molecular complexity index is 417. The molecule has 1 aromatic heterocycles. The van der Waals surface area contributed by atoms with Gasteiger partial charge in [-0.05, 0) is 26.2 Å². The highest BCUT2D eigenvalue weighted by atomic mass is 32.1. The van der Waals surface area contributed by atoms with Gasteiger partial charge < -0.3 is 18.9 Å². The lowest BCUT2D eigenvalue weighted by molar-refractivity contribution is -0.165. The number of thiazole rings is 1. The van der Waals surface area contributed by atoms with Crippen LogP contribution in [0.1, 0.15) is 36.7 Å². The lowest BCUT2D eigenvalue weighted by Crippen LogP contribution is -2.24. The van der Waals surface area contributed by atoms with Gasteiger partial charge in [-0.1, -0.05) is 11.3 Å². The summed E-state index contributed by atoms with van der Waals surface area (Å²) in [5.74, 6) is -0.426. The van der Waals surface area contributed by atoms with Crippen molar-refractivity contribution in [2.24, 2.45) is 0 Å². The summed E-state index contributed by atoms with van der Waals surface area (Å²) in [6.45, 7) is 3.68. The van der Waals surface area contributed by atoms with Crippen LogP contribution in [0.15, 0.2) is 5.38 Å². The van der Waals surface area contributed by atoms with E-state index in [9.17, 15) is 4.79 Å². The van der Waals surface area contributed by atoms with Crippen LogP contribution in [0.2, 0.25) is 0 Å². The van der Waals surface area contributed by atoms with E-state index < -0.39 is 5.97 Å². The zero-order chi connectivity index (χ0) is 14.2.